The lowest BCUT2D eigenvalue weighted by molar-refractivity contribution is 0.153. The molecule has 3 nitrogen and oxygen atoms in total. The van der Waals surface area contributed by atoms with E-state index in [9.17, 15) is 0 Å². The Morgan fingerprint density at radius 1 is 1.19 bits per heavy atom. The summed E-state index contributed by atoms with van der Waals surface area (Å²) in [7, 11) is 0. The molecule has 0 aromatic heterocycles. The molecule has 94 valence electrons. The van der Waals surface area contributed by atoms with Crippen LogP contribution in [0.1, 0.15) is 19.3 Å². The van der Waals surface area contributed by atoms with Crippen molar-refractivity contribution in [2.24, 2.45) is 5.73 Å². The Bertz CT molecular complexity index is 204. The van der Waals surface area contributed by atoms with Gasteiger partial charge >= 0.3 is 0 Å². The first-order valence-electron chi connectivity index (χ1n) is 6.50. The fourth-order valence-corrected chi connectivity index (χ4v) is 3.26. The van der Waals surface area contributed by atoms with E-state index in [1.165, 1.54) is 57.7 Å². The first-order chi connectivity index (χ1) is 7.79. The summed E-state index contributed by atoms with van der Waals surface area (Å²) in [5.41, 5.74) is 5.95. The van der Waals surface area contributed by atoms with E-state index in [2.05, 4.69) is 16.1 Å². The molecule has 0 aromatic rings. The van der Waals surface area contributed by atoms with Crippen molar-refractivity contribution >= 4 is 11.8 Å². The molecule has 2 saturated heterocycles. The zero-order valence-corrected chi connectivity index (χ0v) is 11.2. The standard InChI is InChI=1S/C12H25N3S/c1-16-9-8-14-5-4-12(10-14)15-6-2-11(13)3-7-15/h11-12H,2-10,13H2,1H3. The molecule has 0 bridgehead atoms. The van der Waals surface area contributed by atoms with Crippen molar-refractivity contribution in [1.29, 1.82) is 0 Å². The minimum absolute atomic E-state index is 0.463. The van der Waals surface area contributed by atoms with E-state index >= 15 is 0 Å². The second kappa shape index (κ2) is 6.24. The van der Waals surface area contributed by atoms with Crippen LogP contribution in [-0.2, 0) is 0 Å². The Labute approximate surface area is 104 Å². The Morgan fingerprint density at radius 2 is 1.94 bits per heavy atom. The van der Waals surface area contributed by atoms with Crippen LogP contribution < -0.4 is 5.73 Å². The van der Waals surface area contributed by atoms with Crippen molar-refractivity contribution in [1.82, 2.24) is 9.80 Å². The van der Waals surface area contributed by atoms with Gasteiger partial charge in [-0.3, -0.25) is 4.90 Å². The lowest BCUT2D eigenvalue weighted by Gasteiger charge is -2.34. The van der Waals surface area contributed by atoms with Gasteiger partial charge in [0.1, 0.15) is 0 Å². The first-order valence-corrected chi connectivity index (χ1v) is 7.90. The van der Waals surface area contributed by atoms with Crippen LogP contribution in [0.3, 0.4) is 0 Å². The van der Waals surface area contributed by atoms with Crippen molar-refractivity contribution < 1.29 is 0 Å². The fourth-order valence-electron chi connectivity index (χ4n) is 2.82. The number of thioether (sulfide) groups is 1. The highest BCUT2D eigenvalue weighted by molar-refractivity contribution is 7.98. The van der Waals surface area contributed by atoms with Crippen LogP contribution in [0, 0.1) is 0 Å². The van der Waals surface area contributed by atoms with Gasteiger partial charge in [-0.05, 0) is 45.2 Å². The number of nitrogens with zero attached hydrogens (tertiary/aromatic N) is 2. The van der Waals surface area contributed by atoms with Crippen LogP contribution in [-0.4, -0.2) is 66.6 Å². The fraction of sp³-hybridized carbons (Fsp3) is 1.00. The van der Waals surface area contributed by atoms with E-state index in [4.69, 9.17) is 5.73 Å². The number of rotatable bonds is 4. The number of piperidine rings is 1. The van der Waals surface area contributed by atoms with Gasteiger partial charge in [-0.1, -0.05) is 0 Å². The molecule has 2 rings (SSSR count). The predicted octanol–water partition coefficient (Wildman–Crippen LogP) is 0.847. The third-order valence-electron chi connectivity index (χ3n) is 3.95. The molecule has 2 aliphatic rings. The van der Waals surface area contributed by atoms with Crippen molar-refractivity contribution in [2.45, 2.75) is 31.3 Å². The quantitative estimate of drug-likeness (QED) is 0.793. The lowest BCUT2D eigenvalue weighted by atomic mass is 10.0. The highest BCUT2D eigenvalue weighted by Crippen LogP contribution is 2.19. The van der Waals surface area contributed by atoms with Crippen LogP contribution in [0.25, 0.3) is 0 Å². The average molecular weight is 243 g/mol. The largest absolute Gasteiger partial charge is 0.328 e. The molecular formula is C12H25N3S. The van der Waals surface area contributed by atoms with Gasteiger partial charge in [-0.15, -0.1) is 0 Å². The van der Waals surface area contributed by atoms with Gasteiger partial charge in [-0.25, -0.2) is 0 Å². The minimum atomic E-state index is 0.463. The van der Waals surface area contributed by atoms with Crippen LogP contribution in [0.2, 0.25) is 0 Å². The van der Waals surface area contributed by atoms with Gasteiger partial charge < -0.3 is 10.6 Å². The van der Waals surface area contributed by atoms with Gasteiger partial charge in [0.2, 0.25) is 0 Å². The topological polar surface area (TPSA) is 32.5 Å². The maximum atomic E-state index is 5.95. The van der Waals surface area contributed by atoms with Gasteiger partial charge in [0, 0.05) is 30.9 Å². The molecule has 0 amide bonds. The molecule has 0 aliphatic carbocycles. The van der Waals surface area contributed by atoms with Crippen molar-refractivity contribution in [3.05, 3.63) is 0 Å². The van der Waals surface area contributed by atoms with E-state index in [1.807, 2.05) is 11.8 Å². The van der Waals surface area contributed by atoms with E-state index < -0.39 is 0 Å². The maximum Gasteiger partial charge on any atom is 0.0235 e. The summed E-state index contributed by atoms with van der Waals surface area (Å²) >= 11 is 1.95. The molecule has 16 heavy (non-hydrogen) atoms. The summed E-state index contributed by atoms with van der Waals surface area (Å²) in [6.45, 7) is 6.30. The molecular weight excluding hydrogens is 218 g/mol. The molecule has 4 heteroatoms. The summed E-state index contributed by atoms with van der Waals surface area (Å²) in [5.74, 6) is 1.28. The molecule has 0 spiro atoms. The van der Waals surface area contributed by atoms with Gasteiger partial charge in [0.05, 0.1) is 0 Å². The van der Waals surface area contributed by atoms with Crippen LogP contribution >= 0.6 is 11.8 Å². The molecule has 1 unspecified atom stereocenters. The summed E-state index contributed by atoms with van der Waals surface area (Å²) in [6.07, 6.45) is 5.95. The van der Waals surface area contributed by atoms with E-state index in [0.29, 0.717) is 6.04 Å². The SMILES string of the molecule is CSCCN1CCC(N2CCC(N)CC2)C1. The smallest absolute Gasteiger partial charge is 0.0235 e. The monoisotopic (exact) mass is 243 g/mol. The molecule has 2 heterocycles. The summed E-state index contributed by atoms with van der Waals surface area (Å²) < 4.78 is 0. The predicted molar refractivity (Wildman–Crippen MR) is 72.0 cm³/mol. The highest BCUT2D eigenvalue weighted by atomic mass is 32.2. The van der Waals surface area contributed by atoms with Gasteiger partial charge in [-0.2, -0.15) is 11.8 Å². The second-order valence-corrected chi connectivity index (χ2v) is 6.09. The zero-order valence-electron chi connectivity index (χ0n) is 10.4. The maximum absolute atomic E-state index is 5.95. The second-order valence-electron chi connectivity index (χ2n) is 5.11. The van der Waals surface area contributed by atoms with E-state index in [-0.39, 0.29) is 0 Å². The van der Waals surface area contributed by atoms with Crippen molar-refractivity contribution in [2.75, 3.05) is 44.7 Å². The van der Waals surface area contributed by atoms with Crippen LogP contribution in [0.15, 0.2) is 0 Å². The molecule has 2 N–H and O–H groups in total. The third kappa shape index (κ3) is 3.36. The number of hydrogen-bond donors (Lipinski definition) is 1. The Balaban J connectivity index is 1.71. The minimum Gasteiger partial charge on any atom is -0.328 e. The van der Waals surface area contributed by atoms with E-state index in [0.717, 1.165) is 6.04 Å². The zero-order chi connectivity index (χ0) is 11.4. The molecule has 0 radical (unpaired) electrons. The molecule has 2 fully saturated rings. The third-order valence-corrected chi connectivity index (χ3v) is 4.54. The number of likely N-dealkylation sites (tertiary alicyclic amines) is 2. The molecule has 2 aliphatic heterocycles. The summed E-state index contributed by atoms with van der Waals surface area (Å²) in [6, 6.07) is 1.28. The van der Waals surface area contributed by atoms with Gasteiger partial charge in [0.25, 0.3) is 0 Å². The summed E-state index contributed by atoms with van der Waals surface area (Å²) in [4.78, 5) is 5.29. The van der Waals surface area contributed by atoms with Crippen LogP contribution in [0.4, 0.5) is 0 Å². The normalized spacial score (nSPS) is 30.0. The van der Waals surface area contributed by atoms with Crippen LogP contribution in [0.5, 0.6) is 0 Å². The Kier molecular flexibility index (Phi) is 4.95. The first kappa shape index (κ1) is 12.7. The Morgan fingerprint density at radius 3 is 2.62 bits per heavy atom. The van der Waals surface area contributed by atoms with Crippen molar-refractivity contribution in [3.8, 4) is 0 Å². The molecule has 0 aromatic carbocycles. The number of hydrogen-bond acceptors (Lipinski definition) is 4. The summed E-state index contributed by atoms with van der Waals surface area (Å²) in [5, 5.41) is 0. The number of nitrogens with two attached hydrogens (primary N) is 1. The molecule has 0 saturated carbocycles. The highest BCUT2D eigenvalue weighted by Gasteiger charge is 2.29. The van der Waals surface area contributed by atoms with Gasteiger partial charge in [0.15, 0.2) is 0 Å². The lowest BCUT2D eigenvalue weighted by Crippen LogP contribution is -2.46. The Hall–Kier alpha value is 0.230. The molecule has 1 atom stereocenters. The average Bonchev–Trinajstić information content (AvgIpc) is 2.76. The van der Waals surface area contributed by atoms with E-state index in [1.54, 1.807) is 0 Å². The van der Waals surface area contributed by atoms with Crippen molar-refractivity contribution in [3.63, 3.8) is 0 Å².